The monoisotopic (exact) mass is 298 g/mol. The van der Waals surface area contributed by atoms with Gasteiger partial charge in [0.05, 0.1) is 19.3 Å². The van der Waals surface area contributed by atoms with Gasteiger partial charge in [0.15, 0.2) is 0 Å². The van der Waals surface area contributed by atoms with Gasteiger partial charge in [0.25, 0.3) is 0 Å². The molecule has 0 bridgehead atoms. The number of esters is 1. The average Bonchev–Trinajstić information content (AvgIpc) is 2.52. The Labute approximate surface area is 121 Å². The summed E-state index contributed by atoms with van der Waals surface area (Å²) in [5, 5.41) is 38.7. The Balaban J connectivity index is 2.29. The molecule has 1 unspecified atom stereocenters. The van der Waals surface area contributed by atoms with Crippen molar-refractivity contribution >= 4 is 5.97 Å². The maximum Gasteiger partial charge on any atom is 0.337 e. The summed E-state index contributed by atoms with van der Waals surface area (Å²) in [4.78, 5) is 11.5. The van der Waals surface area contributed by atoms with E-state index in [2.05, 4.69) is 4.74 Å². The second-order valence-corrected chi connectivity index (χ2v) is 4.87. The number of carbonyl (C=O) groups excluding carboxylic acids is 1. The van der Waals surface area contributed by atoms with Crippen LogP contribution in [-0.2, 0) is 9.47 Å². The number of hydrogen-bond donors (Lipinski definition) is 4. The van der Waals surface area contributed by atoms with Gasteiger partial charge in [-0.05, 0) is 17.7 Å². The molecule has 1 aliphatic heterocycles. The van der Waals surface area contributed by atoms with Crippen molar-refractivity contribution in [3.8, 4) is 0 Å². The lowest BCUT2D eigenvalue weighted by atomic mass is 9.91. The molecule has 1 aromatic carbocycles. The first kappa shape index (κ1) is 15.9. The van der Waals surface area contributed by atoms with Crippen molar-refractivity contribution < 1.29 is 34.7 Å². The van der Waals surface area contributed by atoms with E-state index < -0.39 is 43.1 Å². The van der Waals surface area contributed by atoms with Crippen molar-refractivity contribution in [2.45, 2.75) is 30.5 Å². The van der Waals surface area contributed by atoms with Gasteiger partial charge in [-0.3, -0.25) is 0 Å². The van der Waals surface area contributed by atoms with Gasteiger partial charge in [-0.2, -0.15) is 0 Å². The average molecular weight is 298 g/mol. The smallest absolute Gasteiger partial charge is 0.337 e. The molecular formula is C14H18O7. The normalized spacial score (nSPS) is 32.7. The highest BCUT2D eigenvalue weighted by Crippen LogP contribution is 2.32. The highest BCUT2D eigenvalue weighted by atomic mass is 16.5. The molecule has 0 amide bonds. The Morgan fingerprint density at radius 2 is 1.95 bits per heavy atom. The minimum Gasteiger partial charge on any atom is -0.465 e. The van der Waals surface area contributed by atoms with E-state index >= 15 is 0 Å². The Kier molecular flexibility index (Phi) is 4.92. The maximum atomic E-state index is 11.5. The van der Waals surface area contributed by atoms with Gasteiger partial charge in [-0.1, -0.05) is 12.1 Å². The van der Waals surface area contributed by atoms with Crippen LogP contribution in [0.1, 0.15) is 22.0 Å². The van der Waals surface area contributed by atoms with Gasteiger partial charge in [0, 0.05) is 0 Å². The fourth-order valence-electron chi connectivity index (χ4n) is 2.34. The van der Waals surface area contributed by atoms with Crippen LogP contribution in [0.4, 0.5) is 0 Å². The lowest BCUT2D eigenvalue weighted by Gasteiger charge is -2.40. The van der Waals surface area contributed by atoms with E-state index in [-0.39, 0.29) is 5.56 Å². The summed E-state index contributed by atoms with van der Waals surface area (Å²) < 4.78 is 10.0. The fourth-order valence-corrected chi connectivity index (χ4v) is 2.34. The number of carbonyl (C=O) groups is 1. The second-order valence-electron chi connectivity index (χ2n) is 4.87. The van der Waals surface area contributed by atoms with Crippen LogP contribution < -0.4 is 0 Å². The molecule has 1 heterocycles. The summed E-state index contributed by atoms with van der Waals surface area (Å²) in [6.45, 7) is -0.502. The highest BCUT2D eigenvalue weighted by molar-refractivity contribution is 5.89. The van der Waals surface area contributed by atoms with E-state index in [4.69, 9.17) is 9.84 Å². The number of benzene rings is 1. The number of rotatable bonds is 3. The van der Waals surface area contributed by atoms with Crippen molar-refractivity contribution in [3.63, 3.8) is 0 Å². The fraction of sp³-hybridized carbons (Fsp3) is 0.500. The minimum absolute atomic E-state index is 0.270. The Morgan fingerprint density at radius 3 is 2.57 bits per heavy atom. The summed E-state index contributed by atoms with van der Waals surface area (Å²) in [6, 6.07) is 6.21. The molecule has 0 saturated carbocycles. The molecule has 0 radical (unpaired) electrons. The largest absolute Gasteiger partial charge is 0.465 e. The number of aliphatic hydroxyl groups excluding tert-OH is 4. The zero-order valence-electron chi connectivity index (χ0n) is 11.4. The summed E-state index contributed by atoms with van der Waals surface area (Å²) in [5.74, 6) is -0.540. The van der Waals surface area contributed by atoms with Gasteiger partial charge >= 0.3 is 5.97 Å². The third kappa shape index (κ3) is 3.07. The molecule has 1 saturated heterocycles. The maximum absolute atomic E-state index is 11.5. The first-order valence-corrected chi connectivity index (χ1v) is 6.48. The van der Waals surface area contributed by atoms with Crippen LogP contribution in [0.25, 0.3) is 0 Å². The number of methoxy groups -OCH3 is 1. The van der Waals surface area contributed by atoms with E-state index in [1.54, 1.807) is 18.2 Å². The lowest BCUT2D eigenvalue weighted by Crippen LogP contribution is -2.55. The molecule has 4 N–H and O–H groups in total. The molecule has 0 spiro atoms. The van der Waals surface area contributed by atoms with Crippen molar-refractivity contribution in [3.05, 3.63) is 35.4 Å². The van der Waals surface area contributed by atoms with Crippen molar-refractivity contribution in [1.82, 2.24) is 0 Å². The van der Waals surface area contributed by atoms with Crippen molar-refractivity contribution in [2.75, 3.05) is 13.7 Å². The summed E-state index contributed by atoms with van der Waals surface area (Å²) in [7, 11) is 1.25. The number of aliphatic hydroxyl groups is 4. The van der Waals surface area contributed by atoms with Crippen LogP contribution in [-0.4, -0.2) is 64.5 Å². The Morgan fingerprint density at radius 1 is 1.24 bits per heavy atom. The molecule has 2 rings (SSSR count). The summed E-state index contributed by atoms with van der Waals surface area (Å²) in [5.41, 5.74) is 0.710. The highest BCUT2D eigenvalue weighted by Gasteiger charge is 2.43. The van der Waals surface area contributed by atoms with Gasteiger partial charge in [0.2, 0.25) is 0 Å². The SMILES string of the molecule is COC(=O)c1cccc(C2O[C@H](CO)[C@@H](O)[C@H](O)[C@@H]2O)c1. The predicted octanol–water partition coefficient (Wildman–Crippen LogP) is -1.01. The van der Waals surface area contributed by atoms with Gasteiger partial charge in [-0.25, -0.2) is 4.79 Å². The van der Waals surface area contributed by atoms with Crippen LogP contribution in [0.2, 0.25) is 0 Å². The van der Waals surface area contributed by atoms with Crippen LogP contribution in [0.3, 0.4) is 0 Å². The molecule has 7 nitrogen and oxygen atoms in total. The van der Waals surface area contributed by atoms with Crippen LogP contribution >= 0.6 is 0 Å². The predicted molar refractivity (Wildman–Crippen MR) is 70.5 cm³/mol. The molecule has 1 aromatic rings. The van der Waals surface area contributed by atoms with Gasteiger partial charge in [-0.15, -0.1) is 0 Å². The first-order chi connectivity index (χ1) is 9.99. The summed E-state index contributed by atoms with van der Waals surface area (Å²) in [6.07, 6.45) is -6.20. The number of hydrogen-bond acceptors (Lipinski definition) is 7. The van der Waals surface area contributed by atoms with E-state index in [9.17, 15) is 20.1 Å². The molecular weight excluding hydrogens is 280 g/mol. The molecule has 5 atom stereocenters. The van der Waals surface area contributed by atoms with Crippen molar-refractivity contribution in [2.24, 2.45) is 0 Å². The third-order valence-corrected chi connectivity index (χ3v) is 3.53. The standard InChI is InChI=1S/C14H18O7/c1-20-14(19)8-4-2-3-7(5-8)13-12(18)11(17)10(16)9(6-15)21-13/h2-5,9-13,15-18H,6H2,1H3/t9-,10-,11+,12+,13?/m1/s1. The van der Waals surface area contributed by atoms with Crippen molar-refractivity contribution in [1.29, 1.82) is 0 Å². The molecule has 7 heteroatoms. The first-order valence-electron chi connectivity index (χ1n) is 6.48. The van der Waals surface area contributed by atoms with Crippen LogP contribution in [0, 0.1) is 0 Å². The molecule has 1 fully saturated rings. The van der Waals surface area contributed by atoms with Crippen LogP contribution in [0.5, 0.6) is 0 Å². The minimum atomic E-state index is -1.46. The molecule has 0 aromatic heterocycles. The Bertz CT molecular complexity index is 502. The van der Waals surface area contributed by atoms with E-state index in [1.165, 1.54) is 13.2 Å². The topological polar surface area (TPSA) is 116 Å². The zero-order chi connectivity index (χ0) is 15.6. The van der Waals surface area contributed by atoms with Gasteiger partial charge < -0.3 is 29.9 Å². The third-order valence-electron chi connectivity index (χ3n) is 3.53. The van der Waals surface area contributed by atoms with Gasteiger partial charge in [0.1, 0.15) is 30.5 Å². The molecule has 1 aliphatic rings. The molecule has 21 heavy (non-hydrogen) atoms. The summed E-state index contributed by atoms with van der Waals surface area (Å²) >= 11 is 0. The quantitative estimate of drug-likeness (QED) is 0.528. The van der Waals surface area contributed by atoms with E-state index in [0.29, 0.717) is 5.56 Å². The zero-order valence-corrected chi connectivity index (χ0v) is 11.4. The van der Waals surface area contributed by atoms with Crippen LogP contribution in [0.15, 0.2) is 24.3 Å². The number of ether oxygens (including phenoxy) is 2. The molecule has 116 valence electrons. The van der Waals surface area contributed by atoms with E-state index in [1.807, 2.05) is 0 Å². The Hall–Kier alpha value is -1.51. The second kappa shape index (κ2) is 6.50. The molecule has 0 aliphatic carbocycles. The van der Waals surface area contributed by atoms with E-state index in [0.717, 1.165) is 0 Å². The lowest BCUT2D eigenvalue weighted by molar-refractivity contribution is -0.231.